The number of carbonyl (C=O) groups is 8. The van der Waals surface area contributed by atoms with E-state index in [0.717, 1.165) is 26.7 Å². The first kappa shape index (κ1) is 60.0. The van der Waals surface area contributed by atoms with Crippen LogP contribution in [-0.4, -0.2) is 144 Å². The first-order valence-electron chi connectivity index (χ1n) is 24.0. The third kappa shape index (κ3) is 17.5. The van der Waals surface area contributed by atoms with Crippen LogP contribution in [0.15, 0.2) is 48.5 Å². The molecule has 2 aromatic rings. The van der Waals surface area contributed by atoms with Crippen molar-refractivity contribution in [3.8, 4) is 0 Å². The van der Waals surface area contributed by atoms with Gasteiger partial charge in [-0.1, -0.05) is 79.7 Å². The van der Waals surface area contributed by atoms with Gasteiger partial charge in [-0.05, 0) is 144 Å². The maximum absolute atomic E-state index is 14.7. The molecular formula is C52H74I2N4O12. The van der Waals surface area contributed by atoms with E-state index in [9.17, 15) is 38.4 Å². The monoisotopic (exact) mass is 1200 g/mol. The van der Waals surface area contributed by atoms with E-state index in [2.05, 4.69) is 45.2 Å². The number of carbonyl (C=O) groups excluding carboxylic acids is 8. The van der Waals surface area contributed by atoms with Gasteiger partial charge in [0.1, 0.15) is 24.2 Å². The number of nitrogens with zero attached hydrogens (tertiary/aromatic N) is 4. The molecule has 0 radical (unpaired) electrons. The summed E-state index contributed by atoms with van der Waals surface area (Å²) in [5.41, 5.74) is 1.30. The van der Waals surface area contributed by atoms with Crippen LogP contribution < -0.4 is 0 Å². The highest BCUT2D eigenvalue weighted by molar-refractivity contribution is 14.1. The van der Waals surface area contributed by atoms with Gasteiger partial charge in [0.2, 0.25) is 0 Å². The zero-order valence-electron chi connectivity index (χ0n) is 43.2. The van der Waals surface area contributed by atoms with Gasteiger partial charge in [0, 0.05) is 48.2 Å². The summed E-state index contributed by atoms with van der Waals surface area (Å²) in [4.78, 5) is 120. The summed E-state index contributed by atoms with van der Waals surface area (Å²) < 4.78 is 25.7. The highest BCUT2D eigenvalue weighted by Gasteiger charge is 2.43. The van der Waals surface area contributed by atoms with Gasteiger partial charge >= 0.3 is 23.9 Å². The number of rotatable bonds is 12. The van der Waals surface area contributed by atoms with Crippen LogP contribution in [0.3, 0.4) is 0 Å². The third-order valence-electron chi connectivity index (χ3n) is 12.1. The summed E-state index contributed by atoms with van der Waals surface area (Å²) >= 11 is 4.30. The smallest absolute Gasteiger partial charge is 0.329 e. The first-order valence-corrected chi connectivity index (χ1v) is 26.2. The molecule has 3 rings (SSSR count). The van der Waals surface area contributed by atoms with Gasteiger partial charge in [0.25, 0.3) is 23.6 Å². The summed E-state index contributed by atoms with van der Waals surface area (Å²) in [6, 6.07) is 9.53. The average Bonchev–Trinajstić information content (AvgIpc) is 3.29. The summed E-state index contributed by atoms with van der Waals surface area (Å²) in [7, 11) is 5.58. The second-order valence-electron chi connectivity index (χ2n) is 20.0. The quantitative estimate of drug-likeness (QED) is 0.122. The van der Waals surface area contributed by atoms with Crippen molar-refractivity contribution >= 4 is 92.7 Å². The lowest BCUT2D eigenvalue weighted by Gasteiger charge is -2.35. The standard InChI is InChI=1S/C52H74I2N4O12/c1-29(2)23-39-49(63)67-33(9)45(59)55(11)42(26-32(7)8)52(66)70-44(28-36-17-21-38(54)22-18-36)48(62)58(14)40(24-30(3)4)50(64)68-34(10)46(60)56(12)41(25-31(5)6)51(65)69-43(47(61)57(39)13)27-35-15-19-37(53)20-16-35/h15-22,29-34,39-44H,23-28H2,1-14H3/t33-,34-,39+,40+,41+,42+,43-,44-/m1/s1. The van der Waals surface area contributed by atoms with Crippen LogP contribution in [0.2, 0.25) is 0 Å². The molecule has 1 heterocycles. The van der Waals surface area contributed by atoms with Gasteiger partial charge in [-0.2, -0.15) is 0 Å². The number of halogens is 2. The normalized spacial score (nSPS) is 24.9. The number of amides is 4. The Morgan fingerprint density at radius 2 is 0.629 bits per heavy atom. The second-order valence-corrected chi connectivity index (χ2v) is 22.5. The largest absolute Gasteiger partial charge is 0.451 e. The molecule has 0 aromatic heterocycles. The van der Waals surface area contributed by atoms with E-state index >= 15 is 0 Å². The van der Waals surface area contributed by atoms with Crippen molar-refractivity contribution in [2.24, 2.45) is 23.7 Å². The van der Waals surface area contributed by atoms with Gasteiger partial charge in [0.15, 0.2) is 24.4 Å². The van der Waals surface area contributed by atoms with E-state index in [1.807, 2.05) is 79.7 Å². The predicted molar refractivity (Wildman–Crippen MR) is 281 cm³/mol. The van der Waals surface area contributed by atoms with Crippen molar-refractivity contribution in [1.29, 1.82) is 0 Å². The third-order valence-corrected chi connectivity index (χ3v) is 13.6. The van der Waals surface area contributed by atoms with Crippen LogP contribution >= 0.6 is 45.2 Å². The Labute approximate surface area is 441 Å². The Hall–Kier alpha value is -4.34. The van der Waals surface area contributed by atoms with Gasteiger partial charge < -0.3 is 38.5 Å². The maximum atomic E-state index is 14.7. The van der Waals surface area contributed by atoms with E-state index in [1.54, 1.807) is 24.3 Å². The Balaban J connectivity index is 2.26. The number of cyclic esters (lactones) is 4. The molecule has 0 saturated carbocycles. The van der Waals surface area contributed by atoms with Crippen LogP contribution in [0.1, 0.15) is 106 Å². The molecule has 8 atom stereocenters. The average molecular weight is 1200 g/mol. The molecule has 1 saturated heterocycles. The minimum absolute atomic E-state index is 0.0859. The number of benzene rings is 2. The molecule has 16 nitrogen and oxygen atoms in total. The number of hydrogen-bond acceptors (Lipinski definition) is 12. The molecule has 2 aromatic carbocycles. The Morgan fingerprint density at radius 1 is 0.400 bits per heavy atom. The van der Waals surface area contributed by atoms with Crippen LogP contribution in [0.4, 0.5) is 0 Å². The molecule has 0 N–H and O–H groups in total. The summed E-state index contributed by atoms with van der Waals surface area (Å²) in [5, 5.41) is 0. The summed E-state index contributed by atoms with van der Waals surface area (Å²) in [6.07, 6.45) is -5.60. The molecule has 1 fully saturated rings. The molecule has 0 unspecified atom stereocenters. The maximum Gasteiger partial charge on any atom is 0.329 e. The van der Waals surface area contributed by atoms with Gasteiger partial charge in [-0.15, -0.1) is 0 Å². The summed E-state index contributed by atoms with van der Waals surface area (Å²) in [6.45, 7) is 17.6. The van der Waals surface area contributed by atoms with E-state index < -0.39 is 96.1 Å². The number of esters is 4. The second kappa shape index (κ2) is 27.5. The first-order chi connectivity index (χ1) is 32.6. The van der Waals surface area contributed by atoms with Crippen LogP contribution in [0.5, 0.6) is 0 Å². The van der Waals surface area contributed by atoms with Crippen molar-refractivity contribution in [2.45, 2.75) is 156 Å². The van der Waals surface area contributed by atoms with Crippen LogP contribution in [0, 0.1) is 30.8 Å². The molecule has 0 bridgehead atoms. The molecule has 18 heteroatoms. The predicted octanol–water partition coefficient (Wildman–Crippen LogP) is 6.87. The number of ether oxygens (including phenoxy) is 4. The topological polar surface area (TPSA) is 186 Å². The van der Waals surface area contributed by atoms with Crippen LogP contribution in [0.25, 0.3) is 0 Å². The number of hydrogen-bond donors (Lipinski definition) is 0. The molecule has 0 aliphatic carbocycles. The molecule has 70 heavy (non-hydrogen) atoms. The Bertz CT molecular complexity index is 1970. The van der Waals surface area contributed by atoms with E-state index in [-0.39, 0.29) is 62.2 Å². The fourth-order valence-corrected chi connectivity index (χ4v) is 8.87. The Morgan fingerprint density at radius 3 is 0.871 bits per heavy atom. The fourth-order valence-electron chi connectivity index (χ4n) is 8.15. The zero-order valence-corrected chi connectivity index (χ0v) is 47.5. The van der Waals surface area contributed by atoms with Gasteiger partial charge in [0.05, 0.1) is 0 Å². The zero-order chi connectivity index (χ0) is 52.9. The molecule has 388 valence electrons. The SMILES string of the molecule is CC(C)C[C@H]1C(=O)O[C@H](Cc2ccc(I)cc2)C(=O)N(C)[C@@H](CC(C)C)C(=O)O[C@H](C)C(=O)N(C)[C@@H](CC(C)C)C(=O)O[C@H](Cc2ccc(I)cc2)C(=O)N(C)[C@@H](CC(C)C)C(=O)O[C@H](C)C(=O)N1C. The number of likely N-dealkylation sites (N-methyl/N-ethyl adjacent to an activating group) is 4. The molecule has 4 amide bonds. The molecule has 1 aliphatic heterocycles. The molecular weight excluding hydrogens is 1130 g/mol. The lowest BCUT2D eigenvalue weighted by molar-refractivity contribution is -0.176. The van der Waals surface area contributed by atoms with Gasteiger partial charge in [-0.25, -0.2) is 19.2 Å². The van der Waals surface area contributed by atoms with E-state index in [1.165, 1.54) is 42.0 Å². The van der Waals surface area contributed by atoms with Crippen molar-refractivity contribution < 1.29 is 57.3 Å². The van der Waals surface area contributed by atoms with E-state index in [0.29, 0.717) is 11.1 Å². The Kier molecular flexibility index (Phi) is 23.5. The highest BCUT2D eigenvalue weighted by atomic mass is 127. The van der Waals surface area contributed by atoms with Gasteiger partial charge in [-0.3, -0.25) is 19.2 Å². The molecule has 0 spiro atoms. The lowest BCUT2D eigenvalue weighted by atomic mass is 10.00. The van der Waals surface area contributed by atoms with E-state index in [4.69, 9.17) is 18.9 Å². The highest BCUT2D eigenvalue weighted by Crippen LogP contribution is 2.24. The summed E-state index contributed by atoms with van der Waals surface area (Å²) in [5.74, 6) is -7.15. The van der Waals surface area contributed by atoms with Crippen molar-refractivity contribution in [3.05, 3.63) is 66.8 Å². The molecule has 1 aliphatic rings. The van der Waals surface area contributed by atoms with Crippen molar-refractivity contribution in [2.75, 3.05) is 28.2 Å². The fraction of sp³-hybridized carbons (Fsp3) is 0.615. The lowest BCUT2D eigenvalue weighted by Crippen LogP contribution is -2.55. The minimum atomic E-state index is -1.48. The van der Waals surface area contributed by atoms with Crippen molar-refractivity contribution in [1.82, 2.24) is 19.6 Å². The minimum Gasteiger partial charge on any atom is -0.451 e. The van der Waals surface area contributed by atoms with Crippen LogP contribution in [-0.2, 0) is 70.1 Å². The van der Waals surface area contributed by atoms with Crippen molar-refractivity contribution in [3.63, 3.8) is 0 Å².